The van der Waals surface area contributed by atoms with Crippen LogP contribution in [0.15, 0.2) is 100 Å². The van der Waals surface area contributed by atoms with E-state index >= 15 is 0 Å². The summed E-state index contributed by atoms with van der Waals surface area (Å²) in [6, 6.07) is 19.1. The summed E-state index contributed by atoms with van der Waals surface area (Å²) in [4.78, 5) is 9.06. The standard InChI is InChI=1S/C22H21N5O2S/c1-23-22(26-18-11-13-27-14-12-24-21(27)15-18)25-16-17-7-9-20(10-8-17)30(28,29)19-5-3-2-4-6-19/h2-15H,16H2,1H3,(H2,23,25,26). The number of imidazole rings is 1. The number of aliphatic imine (C=N–C) groups is 1. The highest BCUT2D eigenvalue weighted by Gasteiger charge is 2.16. The van der Waals surface area contributed by atoms with E-state index < -0.39 is 9.84 Å². The number of benzene rings is 2. The molecule has 0 unspecified atom stereocenters. The van der Waals surface area contributed by atoms with Gasteiger partial charge in [0.25, 0.3) is 0 Å². The molecule has 0 spiro atoms. The molecule has 0 fully saturated rings. The van der Waals surface area contributed by atoms with Gasteiger partial charge in [-0.15, -0.1) is 0 Å². The summed E-state index contributed by atoms with van der Waals surface area (Å²) in [5.74, 6) is 0.604. The van der Waals surface area contributed by atoms with Crippen LogP contribution in [-0.2, 0) is 16.4 Å². The van der Waals surface area contributed by atoms with Gasteiger partial charge in [-0.1, -0.05) is 30.3 Å². The normalized spacial score (nSPS) is 12.1. The lowest BCUT2D eigenvalue weighted by Gasteiger charge is -2.12. The van der Waals surface area contributed by atoms with E-state index in [9.17, 15) is 8.42 Å². The second-order valence-electron chi connectivity index (χ2n) is 6.62. The number of guanidine groups is 1. The van der Waals surface area contributed by atoms with Crippen LogP contribution in [0.4, 0.5) is 5.69 Å². The fourth-order valence-electron chi connectivity index (χ4n) is 3.01. The minimum atomic E-state index is -3.51. The van der Waals surface area contributed by atoms with E-state index in [0.29, 0.717) is 12.5 Å². The molecule has 2 N–H and O–H groups in total. The highest BCUT2D eigenvalue weighted by Crippen LogP contribution is 2.20. The van der Waals surface area contributed by atoms with Gasteiger partial charge in [0.05, 0.1) is 9.79 Å². The van der Waals surface area contributed by atoms with Gasteiger partial charge >= 0.3 is 0 Å². The van der Waals surface area contributed by atoms with Crippen LogP contribution in [0.1, 0.15) is 5.56 Å². The molecule has 4 rings (SSSR count). The van der Waals surface area contributed by atoms with Gasteiger partial charge in [-0.05, 0) is 35.9 Å². The van der Waals surface area contributed by atoms with Crippen molar-refractivity contribution in [1.82, 2.24) is 14.7 Å². The van der Waals surface area contributed by atoms with Gasteiger partial charge < -0.3 is 15.0 Å². The Hall–Kier alpha value is -3.65. The first-order valence-corrected chi connectivity index (χ1v) is 10.8. The maximum absolute atomic E-state index is 12.7. The van der Waals surface area contributed by atoms with E-state index in [1.807, 2.05) is 28.9 Å². The first-order valence-electron chi connectivity index (χ1n) is 9.36. The van der Waals surface area contributed by atoms with Crippen LogP contribution in [0, 0.1) is 0 Å². The molecule has 0 saturated heterocycles. The molecule has 0 atom stereocenters. The third kappa shape index (κ3) is 4.18. The fourth-order valence-corrected chi connectivity index (χ4v) is 4.29. The second kappa shape index (κ2) is 8.38. The highest BCUT2D eigenvalue weighted by atomic mass is 32.2. The maximum atomic E-state index is 12.7. The Labute approximate surface area is 175 Å². The zero-order valence-electron chi connectivity index (χ0n) is 16.4. The van der Waals surface area contributed by atoms with Gasteiger partial charge in [-0.2, -0.15) is 0 Å². The van der Waals surface area contributed by atoms with Crippen molar-refractivity contribution in [1.29, 1.82) is 0 Å². The Morgan fingerprint density at radius 1 is 1.00 bits per heavy atom. The smallest absolute Gasteiger partial charge is 0.206 e. The number of hydrogen-bond acceptors (Lipinski definition) is 4. The fraction of sp³-hybridized carbons (Fsp3) is 0.0909. The quantitative estimate of drug-likeness (QED) is 0.383. The third-order valence-corrected chi connectivity index (χ3v) is 6.42. The molecule has 2 heterocycles. The minimum Gasteiger partial charge on any atom is -0.352 e. The van der Waals surface area contributed by atoms with E-state index in [2.05, 4.69) is 20.6 Å². The number of nitrogens with one attached hydrogen (secondary N) is 2. The minimum absolute atomic E-state index is 0.271. The summed E-state index contributed by atoms with van der Waals surface area (Å²) in [5, 5.41) is 6.46. The molecule has 0 saturated carbocycles. The number of pyridine rings is 1. The molecular formula is C22H21N5O2S. The van der Waals surface area contributed by atoms with Crippen molar-refractivity contribution in [3.8, 4) is 0 Å². The average Bonchev–Trinajstić information content (AvgIpc) is 3.25. The Kier molecular flexibility index (Phi) is 5.49. The van der Waals surface area contributed by atoms with Crippen molar-refractivity contribution in [2.45, 2.75) is 16.3 Å². The molecule has 0 aliphatic rings. The lowest BCUT2D eigenvalue weighted by molar-refractivity contribution is 0.596. The average molecular weight is 420 g/mol. The van der Waals surface area contributed by atoms with Crippen LogP contribution < -0.4 is 10.6 Å². The van der Waals surface area contributed by atoms with E-state index in [0.717, 1.165) is 16.9 Å². The van der Waals surface area contributed by atoms with Gasteiger partial charge in [0.15, 0.2) is 5.96 Å². The van der Waals surface area contributed by atoms with Crippen molar-refractivity contribution in [2.75, 3.05) is 12.4 Å². The number of aromatic nitrogens is 2. The molecule has 0 aliphatic carbocycles. The lowest BCUT2D eigenvalue weighted by Crippen LogP contribution is -2.30. The van der Waals surface area contributed by atoms with Gasteiger partial charge in [-0.25, -0.2) is 13.4 Å². The number of anilines is 1. The molecule has 0 amide bonds. The lowest BCUT2D eigenvalue weighted by atomic mass is 10.2. The molecule has 2 aromatic carbocycles. The zero-order valence-corrected chi connectivity index (χ0v) is 17.2. The molecule has 0 aliphatic heterocycles. The van der Waals surface area contributed by atoms with Crippen molar-refractivity contribution < 1.29 is 8.42 Å². The zero-order chi connectivity index (χ0) is 21.0. The SMILES string of the molecule is C/N=C(\NCc1ccc(S(=O)(=O)c2ccccc2)cc1)Nc1ccn2ccnc2c1. The summed E-state index contributed by atoms with van der Waals surface area (Å²) in [6.45, 7) is 0.497. The van der Waals surface area contributed by atoms with Crippen molar-refractivity contribution in [3.63, 3.8) is 0 Å². The van der Waals surface area contributed by atoms with Crippen molar-refractivity contribution >= 4 is 27.1 Å². The molecule has 7 nitrogen and oxygen atoms in total. The summed E-state index contributed by atoms with van der Waals surface area (Å²) < 4.78 is 27.3. The molecule has 8 heteroatoms. The van der Waals surface area contributed by atoms with E-state index in [-0.39, 0.29) is 9.79 Å². The molecule has 0 bridgehead atoms. The van der Waals surface area contributed by atoms with E-state index in [1.54, 1.807) is 67.8 Å². The number of sulfone groups is 1. The maximum Gasteiger partial charge on any atom is 0.206 e. The third-order valence-electron chi connectivity index (χ3n) is 4.63. The van der Waals surface area contributed by atoms with Crippen molar-refractivity contribution in [3.05, 3.63) is 90.9 Å². The van der Waals surface area contributed by atoms with Gasteiger partial charge in [0.1, 0.15) is 5.65 Å². The van der Waals surface area contributed by atoms with Crippen LogP contribution in [0.25, 0.3) is 5.65 Å². The monoisotopic (exact) mass is 419 g/mol. The Morgan fingerprint density at radius 3 is 2.47 bits per heavy atom. The summed E-state index contributed by atoms with van der Waals surface area (Å²) >= 11 is 0. The molecule has 30 heavy (non-hydrogen) atoms. The predicted octanol–water partition coefficient (Wildman–Crippen LogP) is 3.35. The molecular weight excluding hydrogens is 398 g/mol. The molecule has 4 aromatic rings. The van der Waals surface area contributed by atoms with Gasteiger partial charge in [0.2, 0.25) is 9.84 Å². The van der Waals surface area contributed by atoms with Gasteiger partial charge in [0, 0.05) is 43.9 Å². The van der Waals surface area contributed by atoms with E-state index in [1.165, 1.54) is 0 Å². The molecule has 0 radical (unpaired) electrons. The van der Waals surface area contributed by atoms with E-state index in [4.69, 9.17) is 0 Å². The summed E-state index contributed by atoms with van der Waals surface area (Å²) in [6.07, 6.45) is 5.55. The largest absolute Gasteiger partial charge is 0.352 e. The number of rotatable bonds is 5. The molecule has 2 aromatic heterocycles. The highest BCUT2D eigenvalue weighted by molar-refractivity contribution is 7.91. The number of hydrogen-bond donors (Lipinski definition) is 2. The van der Waals surface area contributed by atoms with Crippen LogP contribution in [0.2, 0.25) is 0 Å². The number of nitrogens with zero attached hydrogens (tertiary/aromatic N) is 3. The second-order valence-corrected chi connectivity index (χ2v) is 8.57. The first-order chi connectivity index (χ1) is 14.6. The predicted molar refractivity (Wildman–Crippen MR) is 117 cm³/mol. The Bertz CT molecular complexity index is 1280. The van der Waals surface area contributed by atoms with Crippen LogP contribution in [0.5, 0.6) is 0 Å². The first kappa shape index (κ1) is 19.7. The van der Waals surface area contributed by atoms with Crippen LogP contribution >= 0.6 is 0 Å². The Morgan fingerprint density at radius 2 is 1.73 bits per heavy atom. The van der Waals surface area contributed by atoms with Crippen LogP contribution in [-0.4, -0.2) is 30.8 Å². The topological polar surface area (TPSA) is 87.9 Å². The van der Waals surface area contributed by atoms with Crippen molar-refractivity contribution in [2.24, 2.45) is 4.99 Å². The number of fused-ring (bicyclic) bond motifs is 1. The van der Waals surface area contributed by atoms with Crippen LogP contribution in [0.3, 0.4) is 0 Å². The molecule has 152 valence electrons. The Balaban J connectivity index is 1.41. The summed E-state index contributed by atoms with van der Waals surface area (Å²) in [7, 11) is -1.82. The van der Waals surface area contributed by atoms with Gasteiger partial charge in [-0.3, -0.25) is 4.99 Å². The summed E-state index contributed by atoms with van der Waals surface area (Å²) in [5.41, 5.74) is 2.64.